The third-order valence-electron chi connectivity index (χ3n) is 4.27. The zero-order valence-electron chi connectivity index (χ0n) is 9.05. The van der Waals surface area contributed by atoms with E-state index in [4.69, 9.17) is 5.73 Å². The molecule has 0 bridgehead atoms. The summed E-state index contributed by atoms with van der Waals surface area (Å²) in [6, 6.07) is 0. The van der Waals surface area contributed by atoms with Crippen molar-refractivity contribution >= 4 is 0 Å². The van der Waals surface area contributed by atoms with Crippen LogP contribution in [0.4, 0.5) is 0 Å². The number of hydrogen-bond acceptors (Lipinski definition) is 1. The van der Waals surface area contributed by atoms with E-state index in [1.54, 1.807) is 0 Å². The van der Waals surface area contributed by atoms with Gasteiger partial charge in [0.05, 0.1) is 0 Å². The van der Waals surface area contributed by atoms with Crippen molar-refractivity contribution in [2.24, 2.45) is 28.9 Å². The lowest BCUT2D eigenvalue weighted by molar-refractivity contribution is 0.174. The van der Waals surface area contributed by atoms with Crippen molar-refractivity contribution in [1.29, 1.82) is 0 Å². The largest absolute Gasteiger partial charge is 0.330 e. The van der Waals surface area contributed by atoms with Crippen LogP contribution in [0.1, 0.15) is 46.0 Å². The molecule has 0 spiro atoms. The summed E-state index contributed by atoms with van der Waals surface area (Å²) in [6.07, 6.45) is 7.24. The van der Waals surface area contributed by atoms with E-state index >= 15 is 0 Å². The zero-order chi connectivity index (χ0) is 9.47. The van der Waals surface area contributed by atoms with Gasteiger partial charge in [-0.2, -0.15) is 0 Å². The molecule has 0 aromatic heterocycles. The van der Waals surface area contributed by atoms with Crippen LogP contribution in [0, 0.1) is 23.2 Å². The highest BCUT2D eigenvalue weighted by Gasteiger charge is 2.43. The van der Waals surface area contributed by atoms with Gasteiger partial charge in [0.25, 0.3) is 0 Å². The predicted molar refractivity (Wildman–Crippen MR) is 56.4 cm³/mol. The summed E-state index contributed by atoms with van der Waals surface area (Å²) in [7, 11) is 0. The Morgan fingerprint density at radius 3 is 2.31 bits per heavy atom. The van der Waals surface area contributed by atoms with Gasteiger partial charge in [0, 0.05) is 0 Å². The van der Waals surface area contributed by atoms with Crippen molar-refractivity contribution in [3.05, 3.63) is 0 Å². The Morgan fingerprint density at radius 1 is 1.23 bits per heavy atom. The molecule has 2 atom stereocenters. The summed E-state index contributed by atoms with van der Waals surface area (Å²) in [5.74, 6) is 2.94. The van der Waals surface area contributed by atoms with Crippen LogP contribution in [0.2, 0.25) is 0 Å². The summed E-state index contributed by atoms with van der Waals surface area (Å²) in [5.41, 5.74) is 6.31. The Kier molecular flexibility index (Phi) is 2.39. The SMILES string of the molecule is CC1(C)CCC([C@@H]2C[C@H]2CN)CC1. The molecule has 0 radical (unpaired) electrons. The van der Waals surface area contributed by atoms with Crippen molar-refractivity contribution in [2.45, 2.75) is 46.0 Å². The van der Waals surface area contributed by atoms with E-state index in [-0.39, 0.29) is 0 Å². The first-order chi connectivity index (χ1) is 6.12. The van der Waals surface area contributed by atoms with Gasteiger partial charge >= 0.3 is 0 Å². The minimum absolute atomic E-state index is 0.629. The molecule has 0 aromatic carbocycles. The molecule has 0 aromatic rings. The maximum absolute atomic E-state index is 5.68. The quantitative estimate of drug-likeness (QED) is 0.696. The molecule has 2 N–H and O–H groups in total. The van der Waals surface area contributed by atoms with Gasteiger partial charge in [-0.25, -0.2) is 0 Å². The van der Waals surface area contributed by atoms with Gasteiger partial charge in [-0.3, -0.25) is 0 Å². The summed E-state index contributed by atoms with van der Waals surface area (Å²) in [4.78, 5) is 0. The van der Waals surface area contributed by atoms with Crippen molar-refractivity contribution in [1.82, 2.24) is 0 Å². The number of hydrogen-bond donors (Lipinski definition) is 1. The number of nitrogens with two attached hydrogens (primary N) is 1. The first kappa shape index (κ1) is 9.51. The van der Waals surface area contributed by atoms with Crippen molar-refractivity contribution in [2.75, 3.05) is 6.54 Å². The lowest BCUT2D eigenvalue weighted by atomic mass is 9.71. The third-order valence-corrected chi connectivity index (χ3v) is 4.27. The molecule has 0 saturated heterocycles. The minimum atomic E-state index is 0.629. The topological polar surface area (TPSA) is 26.0 Å². The van der Waals surface area contributed by atoms with Crippen LogP contribution in [0.15, 0.2) is 0 Å². The van der Waals surface area contributed by atoms with Crippen LogP contribution in [-0.2, 0) is 0 Å². The van der Waals surface area contributed by atoms with Gasteiger partial charge < -0.3 is 5.73 Å². The van der Waals surface area contributed by atoms with Crippen molar-refractivity contribution < 1.29 is 0 Å². The van der Waals surface area contributed by atoms with Crippen LogP contribution >= 0.6 is 0 Å². The molecule has 13 heavy (non-hydrogen) atoms. The average molecular weight is 181 g/mol. The third kappa shape index (κ3) is 2.07. The molecule has 2 aliphatic rings. The summed E-state index contributed by atoms with van der Waals surface area (Å²) >= 11 is 0. The normalized spacial score (nSPS) is 39.0. The molecule has 2 rings (SSSR count). The smallest absolute Gasteiger partial charge is 0.00460 e. The highest BCUT2D eigenvalue weighted by molar-refractivity contribution is 4.94. The maximum Gasteiger partial charge on any atom is -0.00460 e. The van der Waals surface area contributed by atoms with E-state index in [1.165, 1.54) is 32.1 Å². The van der Waals surface area contributed by atoms with E-state index < -0.39 is 0 Å². The first-order valence-electron chi connectivity index (χ1n) is 5.82. The van der Waals surface area contributed by atoms with Crippen LogP contribution in [0.5, 0.6) is 0 Å². The lowest BCUT2D eigenvalue weighted by Crippen LogP contribution is -2.23. The minimum Gasteiger partial charge on any atom is -0.330 e. The van der Waals surface area contributed by atoms with E-state index in [1.807, 2.05) is 0 Å². The molecule has 0 aliphatic heterocycles. The van der Waals surface area contributed by atoms with Gasteiger partial charge in [0.15, 0.2) is 0 Å². The fourth-order valence-electron chi connectivity index (χ4n) is 2.97. The molecule has 2 fully saturated rings. The standard InChI is InChI=1S/C12H23N/c1-12(2)5-3-9(4-6-12)11-7-10(11)8-13/h9-11H,3-8,13H2,1-2H3/t10-,11-/m0/s1. The Hall–Kier alpha value is -0.0400. The van der Waals surface area contributed by atoms with Crippen LogP contribution in [0.25, 0.3) is 0 Å². The van der Waals surface area contributed by atoms with Crippen molar-refractivity contribution in [3.8, 4) is 0 Å². The molecule has 0 amide bonds. The second-order valence-corrected chi connectivity index (χ2v) is 5.90. The molecule has 76 valence electrons. The van der Waals surface area contributed by atoms with Gasteiger partial charge in [0.1, 0.15) is 0 Å². The molecule has 1 nitrogen and oxygen atoms in total. The Bertz CT molecular complexity index is 176. The molecular weight excluding hydrogens is 158 g/mol. The first-order valence-corrected chi connectivity index (χ1v) is 5.82. The molecule has 2 aliphatic carbocycles. The Morgan fingerprint density at radius 2 is 1.85 bits per heavy atom. The fraction of sp³-hybridized carbons (Fsp3) is 1.00. The van der Waals surface area contributed by atoms with E-state index in [9.17, 15) is 0 Å². The van der Waals surface area contributed by atoms with Crippen LogP contribution in [-0.4, -0.2) is 6.54 Å². The van der Waals surface area contributed by atoms with E-state index in [0.29, 0.717) is 5.41 Å². The molecule has 1 heteroatoms. The maximum atomic E-state index is 5.68. The second kappa shape index (κ2) is 3.27. The fourth-order valence-corrected chi connectivity index (χ4v) is 2.97. The highest BCUT2D eigenvalue weighted by Crippen LogP contribution is 2.51. The summed E-state index contributed by atoms with van der Waals surface area (Å²) < 4.78 is 0. The van der Waals surface area contributed by atoms with Gasteiger partial charge in [0.2, 0.25) is 0 Å². The van der Waals surface area contributed by atoms with E-state index in [0.717, 1.165) is 24.3 Å². The molecular formula is C12H23N. The average Bonchev–Trinajstić information content (AvgIpc) is 2.83. The van der Waals surface area contributed by atoms with Gasteiger partial charge in [-0.15, -0.1) is 0 Å². The zero-order valence-corrected chi connectivity index (χ0v) is 9.05. The monoisotopic (exact) mass is 181 g/mol. The van der Waals surface area contributed by atoms with Crippen LogP contribution < -0.4 is 5.73 Å². The summed E-state index contributed by atoms with van der Waals surface area (Å²) in [5, 5.41) is 0. The Labute approximate surface area is 82.1 Å². The summed E-state index contributed by atoms with van der Waals surface area (Å²) in [6.45, 7) is 5.76. The second-order valence-electron chi connectivity index (χ2n) is 5.90. The molecule has 0 heterocycles. The van der Waals surface area contributed by atoms with Crippen LogP contribution in [0.3, 0.4) is 0 Å². The van der Waals surface area contributed by atoms with E-state index in [2.05, 4.69) is 13.8 Å². The highest BCUT2D eigenvalue weighted by atomic mass is 14.6. The number of rotatable bonds is 2. The lowest BCUT2D eigenvalue weighted by Gasteiger charge is -2.34. The molecule has 2 saturated carbocycles. The Balaban J connectivity index is 1.79. The molecule has 0 unspecified atom stereocenters. The predicted octanol–water partition coefficient (Wildman–Crippen LogP) is 2.80. The van der Waals surface area contributed by atoms with Gasteiger partial charge in [-0.1, -0.05) is 13.8 Å². The van der Waals surface area contributed by atoms with Gasteiger partial charge in [-0.05, 0) is 61.8 Å². The van der Waals surface area contributed by atoms with Crippen molar-refractivity contribution in [3.63, 3.8) is 0 Å².